The molecule has 23 heavy (non-hydrogen) atoms. The van der Waals surface area contributed by atoms with Gasteiger partial charge in [0.1, 0.15) is 0 Å². The van der Waals surface area contributed by atoms with E-state index in [4.69, 9.17) is 0 Å². The van der Waals surface area contributed by atoms with E-state index in [1.807, 2.05) is 6.20 Å². The molecule has 1 aromatic heterocycles. The zero-order chi connectivity index (χ0) is 16.3. The van der Waals surface area contributed by atoms with Gasteiger partial charge in [0.15, 0.2) is 0 Å². The van der Waals surface area contributed by atoms with Crippen molar-refractivity contribution in [1.82, 2.24) is 9.78 Å². The fraction of sp³-hybridized carbons (Fsp3) is 0.571. The van der Waals surface area contributed by atoms with Crippen molar-refractivity contribution < 1.29 is 0 Å². The van der Waals surface area contributed by atoms with E-state index in [0.29, 0.717) is 6.04 Å². The van der Waals surface area contributed by atoms with Gasteiger partial charge in [0.2, 0.25) is 0 Å². The molecule has 0 aliphatic carbocycles. The highest BCUT2D eigenvalue weighted by Crippen LogP contribution is 2.25. The summed E-state index contributed by atoms with van der Waals surface area (Å²) in [4.78, 5) is 0. The molecule has 1 atom stereocenters. The lowest BCUT2D eigenvalue weighted by Crippen LogP contribution is -2.09. The minimum atomic E-state index is 0.564. The SMILES string of the molecule is CCCCCCCC(CCCC)n1cc(-c2ccccc2)cn1. The van der Waals surface area contributed by atoms with Gasteiger partial charge >= 0.3 is 0 Å². The van der Waals surface area contributed by atoms with Gasteiger partial charge in [-0.05, 0) is 18.4 Å². The maximum atomic E-state index is 4.68. The van der Waals surface area contributed by atoms with Crippen molar-refractivity contribution >= 4 is 0 Å². The van der Waals surface area contributed by atoms with E-state index in [1.165, 1.54) is 68.9 Å². The summed E-state index contributed by atoms with van der Waals surface area (Å²) in [6.45, 7) is 4.55. The van der Waals surface area contributed by atoms with E-state index < -0.39 is 0 Å². The van der Waals surface area contributed by atoms with E-state index in [2.05, 4.69) is 60.2 Å². The van der Waals surface area contributed by atoms with Crippen molar-refractivity contribution in [2.24, 2.45) is 0 Å². The van der Waals surface area contributed by atoms with E-state index in [1.54, 1.807) is 0 Å². The lowest BCUT2D eigenvalue weighted by molar-refractivity contribution is 0.372. The quantitative estimate of drug-likeness (QED) is 0.425. The Hall–Kier alpha value is -1.57. The van der Waals surface area contributed by atoms with Gasteiger partial charge < -0.3 is 0 Å². The van der Waals surface area contributed by atoms with E-state index in [9.17, 15) is 0 Å². The number of hydrogen-bond acceptors (Lipinski definition) is 1. The highest BCUT2D eigenvalue weighted by Gasteiger charge is 2.12. The third-order valence-corrected chi connectivity index (χ3v) is 4.61. The first kappa shape index (κ1) is 17.8. The Kier molecular flexibility index (Phi) is 7.92. The predicted octanol–water partition coefficient (Wildman–Crippen LogP) is 6.64. The molecule has 2 nitrogen and oxygen atoms in total. The van der Waals surface area contributed by atoms with Crippen LogP contribution in [-0.2, 0) is 0 Å². The van der Waals surface area contributed by atoms with Crippen LogP contribution in [0.4, 0.5) is 0 Å². The summed E-state index contributed by atoms with van der Waals surface area (Å²) in [5.41, 5.74) is 2.49. The van der Waals surface area contributed by atoms with E-state index >= 15 is 0 Å². The first-order valence-electron chi connectivity index (χ1n) is 9.44. The molecule has 0 saturated carbocycles. The molecule has 0 saturated heterocycles. The molecule has 0 aliphatic rings. The standard InChI is InChI=1S/C21H32N2/c1-3-5-7-8-12-16-21(15-6-4-2)23-18-20(17-22-23)19-13-10-9-11-14-19/h9-11,13-14,17-18,21H,3-8,12,15-16H2,1-2H3. The zero-order valence-electron chi connectivity index (χ0n) is 14.9. The Morgan fingerprint density at radius 1 is 0.826 bits per heavy atom. The van der Waals surface area contributed by atoms with Crippen molar-refractivity contribution in [2.75, 3.05) is 0 Å². The summed E-state index contributed by atoms with van der Waals surface area (Å²) < 4.78 is 2.22. The summed E-state index contributed by atoms with van der Waals surface area (Å²) in [6.07, 6.45) is 16.1. The fourth-order valence-electron chi connectivity index (χ4n) is 3.15. The smallest absolute Gasteiger partial charge is 0.0568 e. The Bertz CT molecular complexity index is 530. The maximum absolute atomic E-state index is 4.68. The highest BCUT2D eigenvalue weighted by atomic mass is 15.3. The molecule has 1 unspecified atom stereocenters. The molecule has 1 heterocycles. The van der Waals surface area contributed by atoms with Crippen LogP contribution in [0, 0.1) is 0 Å². The minimum absolute atomic E-state index is 0.564. The second kappa shape index (κ2) is 10.3. The zero-order valence-corrected chi connectivity index (χ0v) is 14.9. The average Bonchev–Trinajstić information content (AvgIpc) is 3.08. The first-order valence-corrected chi connectivity index (χ1v) is 9.44. The van der Waals surface area contributed by atoms with Gasteiger partial charge in [-0.3, -0.25) is 4.68 Å². The van der Waals surface area contributed by atoms with Crippen LogP contribution in [0.3, 0.4) is 0 Å². The van der Waals surface area contributed by atoms with Crippen molar-refractivity contribution in [1.29, 1.82) is 0 Å². The van der Waals surface area contributed by atoms with E-state index in [-0.39, 0.29) is 0 Å². The van der Waals surface area contributed by atoms with Gasteiger partial charge in [-0.2, -0.15) is 5.10 Å². The molecule has 0 N–H and O–H groups in total. The molecule has 126 valence electrons. The Morgan fingerprint density at radius 3 is 2.26 bits per heavy atom. The molecule has 0 bridgehead atoms. The third-order valence-electron chi connectivity index (χ3n) is 4.61. The Morgan fingerprint density at radius 2 is 1.52 bits per heavy atom. The summed E-state index contributed by atoms with van der Waals surface area (Å²) in [6, 6.07) is 11.1. The normalized spacial score (nSPS) is 12.4. The Labute approximate surface area is 141 Å². The number of unbranched alkanes of at least 4 members (excludes halogenated alkanes) is 5. The molecule has 2 aromatic rings. The first-order chi connectivity index (χ1) is 11.3. The maximum Gasteiger partial charge on any atom is 0.0568 e. The van der Waals surface area contributed by atoms with Gasteiger partial charge in [-0.25, -0.2) is 0 Å². The molecule has 0 amide bonds. The highest BCUT2D eigenvalue weighted by molar-refractivity contribution is 5.61. The fourth-order valence-corrected chi connectivity index (χ4v) is 3.15. The van der Waals surface area contributed by atoms with Gasteiger partial charge in [-0.1, -0.05) is 89.1 Å². The van der Waals surface area contributed by atoms with Crippen LogP contribution < -0.4 is 0 Å². The topological polar surface area (TPSA) is 17.8 Å². The van der Waals surface area contributed by atoms with Crippen LogP contribution in [0.2, 0.25) is 0 Å². The summed E-state index contributed by atoms with van der Waals surface area (Å²) >= 11 is 0. The molecule has 0 spiro atoms. The van der Waals surface area contributed by atoms with E-state index in [0.717, 1.165) is 0 Å². The van der Waals surface area contributed by atoms with Crippen molar-refractivity contribution in [2.45, 2.75) is 77.7 Å². The van der Waals surface area contributed by atoms with Crippen molar-refractivity contribution in [3.63, 3.8) is 0 Å². The van der Waals surface area contributed by atoms with Crippen LogP contribution >= 0.6 is 0 Å². The molecular formula is C21H32N2. The molecule has 0 fully saturated rings. The molecule has 0 aliphatic heterocycles. The average molecular weight is 313 g/mol. The number of rotatable bonds is 11. The van der Waals surface area contributed by atoms with Gasteiger partial charge in [0.05, 0.1) is 12.2 Å². The van der Waals surface area contributed by atoms with Gasteiger partial charge in [0, 0.05) is 11.8 Å². The summed E-state index contributed by atoms with van der Waals surface area (Å²) in [5.74, 6) is 0. The number of benzene rings is 1. The largest absolute Gasteiger partial charge is 0.269 e. The second-order valence-corrected chi connectivity index (χ2v) is 6.57. The number of nitrogens with zero attached hydrogens (tertiary/aromatic N) is 2. The molecule has 1 aromatic carbocycles. The molecule has 2 heteroatoms. The number of hydrogen-bond donors (Lipinski definition) is 0. The number of aromatic nitrogens is 2. The monoisotopic (exact) mass is 312 g/mol. The van der Waals surface area contributed by atoms with Gasteiger partial charge in [-0.15, -0.1) is 0 Å². The third kappa shape index (κ3) is 5.85. The van der Waals surface area contributed by atoms with Crippen LogP contribution in [0.1, 0.15) is 77.7 Å². The van der Waals surface area contributed by atoms with Crippen molar-refractivity contribution in [3.8, 4) is 11.1 Å². The molecular weight excluding hydrogens is 280 g/mol. The van der Waals surface area contributed by atoms with Crippen LogP contribution in [-0.4, -0.2) is 9.78 Å². The lowest BCUT2D eigenvalue weighted by Gasteiger charge is -2.17. The minimum Gasteiger partial charge on any atom is -0.269 e. The second-order valence-electron chi connectivity index (χ2n) is 6.57. The Balaban J connectivity index is 1.96. The predicted molar refractivity (Wildman–Crippen MR) is 99.6 cm³/mol. The van der Waals surface area contributed by atoms with Crippen molar-refractivity contribution in [3.05, 3.63) is 42.7 Å². The van der Waals surface area contributed by atoms with Crippen LogP contribution in [0.25, 0.3) is 11.1 Å². The van der Waals surface area contributed by atoms with Gasteiger partial charge in [0.25, 0.3) is 0 Å². The summed E-state index contributed by atoms with van der Waals surface area (Å²) in [7, 11) is 0. The van der Waals surface area contributed by atoms with Crippen LogP contribution in [0.15, 0.2) is 42.7 Å². The van der Waals surface area contributed by atoms with Crippen LogP contribution in [0.5, 0.6) is 0 Å². The lowest BCUT2D eigenvalue weighted by atomic mass is 10.0. The molecule has 2 rings (SSSR count). The molecule has 0 radical (unpaired) electrons. The summed E-state index contributed by atoms with van der Waals surface area (Å²) in [5, 5.41) is 4.68.